The highest BCUT2D eigenvalue weighted by Gasteiger charge is 2.50. The zero-order valence-corrected chi connectivity index (χ0v) is 26.8. The average molecular weight is 656 g/mol. The second kappa shape index (κ2) is 15.0. The molecule has 2 aliphatic rings. The summed E-state index contributed by atoms with van der Waals surface area (Å²) in [6.07, 6.45) is 8.48. The Hall–Kier alpha value is -3.77. The number of allylic oxidation sites excluding steroid dienone is 3. The lowest BCUT2D eigenvalue weighted by Gasteiger charge is -2.49. The highest BCUT2D eigenvalue weighted by atomic mass is 35.5. The number of hydrogen-bond acceptors (Lipinski definition) is 6. The number of halogens is 1. The van der Waals surface area contributed by atoms with E-state index in [-0.39, 0.29) is 18.9 Å². The molecular formula is C33H38ClN3O7S. The van der Waals surface area contributed by atoms with Gasteiger partial charge in [-0.2, -0.15) is 0 Å². The summed E-state index contributed by atoms with van der Waals surface area (Å²) in [5.74, 6) is -2.76. The molecule has 0 unspecified atom stereocenters. The van der Waals surface area contributed by atoms with E-state index in [0.29, 0.717) is 45.7 Å². The molecule has 1 heterocycles. The number of carboxylic acid groups (broad SMARTS) is 1. The lowest BCUT2D eigenvalue weighted by molar-refractivity contribution is -0.138. The second-order valence-electron chi connectivity index (χ2n) is 11.2. The van der Waals surface area contributed by atoms with Gasteiger partial charge in [0.1, 0.15) is 0 Å². The molecule has 12 heteroatoms. The van der Waals surface area contributed by atoms with Crippen molar-refractivity contribution in [3.8, 4) is 0 Å². The molecule has 1 fully saturated rings. The van der Waals surface area contributed by atoms with E-state index < -0.39 is 45.9 Å². The van der Waals surface area contributed by atoms with Crippen molar-refractivity contribution >= 4 is 39.4 Å². The Kier molecular flexibility index (Phi) is 11.4. The summed E-state index contributed by atoms with van der Waals surface area (Å²) in [5, 5.41) is 9.33. The van der Waals surface area contributed by atoms with Crippen LogP contribution in [-0.2, 0) is 37.5 Å². The van der Waals surface area contributed by atoms with Crippen molar-refractivity contribution in [1.29, 1.82) is 0 Å². The summed E-state index contributed by atoms with van der Waals surface area (Å²) < 4.78 is 27.5. The van der Waals surface area contributed by atoms with Crippen molar-refractivity contribution < 1.29 is 32.7 Å². The van der Waals surface area contributed by atoms with Crippen molar-refractivity contribution in [2.75, 3.05) is 6.26 Å². The molecule has 4 rings (SSSR count). The fourth-order valence-electron chi connectivity index (χ4n) is 6.18. The first-order chi connectivity index (χ1) is 21.4. The van der Waals surface area contributed by atoms with E-state index in [2.05, 4.69) is 16.8 Å². The number of aliphatic carboxylic acids is 1. The lowest BCUT2D eigenvalue weighted by atomic mass is 9.76. The number of sulfonamides is 1. The van der Waals surface area contributed by atoms with Crippen molar-refractivity contribution in [2.45, 2.75) is 69.7 Å². The molecule has 10 nitrogen and oxygen atoms in total. The Labute approximate surface area is 268 Å². The number of amides is 2. The van der Waals surface area contributed by atoms with Crippen LogP contribution >= 0.6 is 11.6 Å². The zero-order chi connectivity index (χ0) is 32.7. The number of nitrogens with zero attached hydrogens (tertiary/aromatic N) is 1. The minimum atomic E-state index is -3.60. The maximum atomic E-state index is 14.4. The van der Waals surface area contributed by atoms with Gasteiger partial charge in [-0.1, -0.05) is 91.7 Å². The predicted molar refractivity (Wildman–Crippen MR) is 172 cm³/mol. The number of nitrogens with one attached hydrogen (secondary N) is 2. The highest BCUT2D eigenvalue weighted by molar-refractivity contribution is 7.88. The van der Waals surface area contributed by atoms with Crippen LogP contribution in [0.1, 0.15) is 65.6 Å². The molecule has 2 aromatic carbocycles. The SMILES string of the molecule is C=C/C=C(\C(Cl)=C/C)[C@H]1[C@H](C(=O)NOCc2ccc(CC(=O)O)cc2)c2ccccc2C(=O)N1[C@H]1CCCC[C@@H]1NS(C)(=O)=O. The fraction of sp³-hybridized carbons (Fsp3) is 0.364. The van der Waals surface area contributed by atoms with Gasteiger partial charge < -0.3 is 10.0 Å². The van der Waals surface area contributed by atoms with Crippen molar-refractivity contribution in [3.05, 3.63) is 106 Å². The van der Waals surface area contributed by atoms with Crippen molar-refractivity contribution in [1.82, 2.24) is 15.1 Å². The van der Waals surface area contributed by atoms with E-state index in [9.17, 15) is 22.8 Å². The molecule has 45 heavy (non-hydrogen) atoms. The second-order valence-corrected chi connectivity index (χ2v) is 13.4. The summed E-state index contributed by atoms with van der Waals surface area (Å²) in [4.78, 5) is 46.7. The predicted octanol–water partition coefficient (Wildman–Crippen LogP) is 4.59. The Morgan fingerprint density at radius 1 is 1.11 bits per heavy atom. The summed E-state index contributed by atoms with van der Waals surface area (Å²) >= 11 is 6.76. The normalized spacial score (nSPS) is 22.5. The molecule has 3 N–H and O–H groups in total. The molecule has 0 radical (unpaired) electrons. The zero-order valence-electron chi connectivity index (χ0n) is 25.2. The van der Waals surface area contributed by atoms with E-state index in [1.54, 1.807) is 72.5 Å². The quantitative estimate of drug-likeness (QED) is 0.224. The molecule has 2 aromatic rings. The van der Waals surface area contributed by atoms with Crippen LogP contribution in [0.5, 0.6) is 0 Å². The van der Waals surface area contributed by atoms with Crippen LogP contribution in [0.2, 0.25) is 0 Å². The number of hydroxylamine groups is 1. The van der Waals surface area contributed by atoms with Gasteiger partial charge in [-0.05, 0) is 48.1 Å². The molecule has 1 aliphatic heterocycles. The van der Waals surface area contributed by atoms with Gasteiger partial charge >= 0.3 is 5.97 Å². The molecule has 2 amide bonds. The first-order valence-corrected chi connectivity index (χ1v) is 17.0. The molecule has 0 saturated heterocycles. The van der Waals surface area contributed by atoms with Crippen LogP contribution in [0.3, 0.4) is 0 Å². The van der Waals surface area contributed by atoms with E-state index >= 15 is 0 Å². The fourth-order valence-corrected chi connectivity index (χ4v) is 7.18. The van der Waals surface area contributed by atoms with Gasteiger partial charge in [0.2, 0.25) is 10.0 Å². The van der Waals surface area contributed by atoms with Gasteiger partial charge in [0.25, 0.3) is 11.8 Å². The first kappa shape index (κ1) is 34.1. The van der Waals surface area contributed by atoms with Gasteiger partial charge in [0.05, 0.1) is 31.2 Å². The van der Waals surface area contributed by atoms with Crippen LogP contribution in [0.15, 0.2) is 83.9 Å². The van der Waals surface area contributed by atoms with Crippen LogP contribution in [0, 0.1) is 0 Å². The van der Waals surface area contributed by atoms with Crippen LogP contribution < -0.4 is 10.2 Å². The van der Waals surface area contributed by atoms with E-state index in [0.717, 1.165) is 19.1 Å². The highest BCUT2D eigenvalue weighted by Crippen LogP contribution is 2.43. The molecule has 1 aliphatic carbocycles. The number of carbonyl (C=O) groups is 3. The van der Waals surface area contributed by atoms with Crippen LogP contribution in [0.4, 0.5) is 0 Å². The smallest absolute Gasteiger partial charge is 0.307 e. The summed E-state index contributed by atoms with van der Waals surface area (Å²) in [5.41, 5.74) is 5.21. The van der Waals surface area contributed by atoms with E-state index in [4.69, 9.17) is 21.5 Å². The molecule has 1 saturated carbocycles. The largest absolute Gasteiger partial charge is 0.481 e. The topological polar surface area (TPSA) is 142 Å². The van der Waals surface area contributed by atoms with E-state index in [1.165, 1.54) is 6.08 Å². The Bertz CT molecular complexity index is 1600. The number of carboxylic acids is 1. The third-order valence-electron chi connectivity index (χ3n) is 8.05. The van der Waals surface area contributed by atoms with Gasteiger partial charge in [0.15, 0.2) is 0 Å². The summed E-state index contributed by atoms with van der Waals surface area (Å²) in [7, 11) is -3.60. The average Bonchev–Trinajstić information content (AvgIpc) is 3.00. The Morgan fingerprint density at radius 2 is 1.78 bits per heavy atom. The Morgan fingerprint density at radius 3 is 2.42 bits per heavy atom. The van der Waals surface area contributed by atoms with Crippen LogP contribution in [-0.4, -0.2) is 60.6 Å². The molecule has 0 aromatic heterocycles. The molecular weight excluding hydrogens is 618 g/mol. The molecule has 0 bridgehead atoms. The molecule has 0 spiro atoms. The number of hydrogen-bond donors (Lipinski definition) is 3. The lowest BCUT2D eigenvalue weighted by Crippen LogP contribution is -2.62. The Balaban J connectivity index is 1.75. The van der Waals surface area contributed by atoms with Gasteiger partial charge in [0, 0.05) is 22.7 Å². The number of rotatable bonds is 12. The van der Waals surface area contributed by atoms with E-state index in [1.807, 2.05) is 0 Å². The van der Waals surface area contributed by atoms with Gasteiger partial charge in [-0.15, -0.1) is 0 Å². The molecule has 240 valence electrons. The third kappa shape index (κ3) is 8.29. The third-order valence-corrected chi connectivity index (χ3v) is 9.21. The molecule has 4 atom stereocenters. The van der Waals surface area contributed by atoms with Gasteiger partial charge in [-0.3, -0.25) is 19.2 Å². The van der Waals surface area contributed by atoms with Crippen molar-refractivity contribution in [3.63, 3.8) is 0 Å². The number of carbonyl (C=O) groups excluding carboxylic acids is 2. The minimum absolute atomic E-state index is 0.00865. The first-order valence-electron chi connectivity index (χ1n) is 14.7. The number of benzene rings is 2. The maximum Gasteiger partial charge on any atom is 0.307 e. The monoisotopic (exact) mass is 655 g/mol. The maximum absolute atomic E-state index is 14.4. The van der Waals surface area contributed by atoms with Gasteiger partial charge in [-0.25, -0.2) is 18.6 Å². The standard InChI is InChI=1S/C33H38ClN3O7S/c1-4-10-25(26(34)5-2)31-30(32(40)35-44-20-22-17-15-21(16-18-22)19-29(38)39)23-11-6-7-12-24(23)33(41)37(31)28-14-9-8-13-27(28)36-45(3,42)43/h4-7,10-12,15-18,27-28,30-31,36H,1,8-9,13-14,19-20H2,2-3H3,(H,35,40)(H,38,39)/b25-10+,26-5+/t27-,28-,30+,31-/m0/s1. The summed E-state index contributed by atoms with van der Waals surface area (Å²) in [6, 6.07) is 11.6. The van der Waals surface area contributed by atoms with Crippen molar-refractivity contribution in [2.24, 2.45) is 0 Å². The minimum Gasteiger partial charge on any atom is -0.481 e. The summed E-state index contributed by atoms with van der Waals surface area (Å²) in [6.45, 7) is 5.59. The van der Waals surface area contributed by atoms with Crippen LogP contribution in [0.25, 0.3) is 0 Å². The number of fused-ring (bicyclic) bond motifs is 1.